The van der Waals surface area contributed by atoms with E-state index in [0.717, 1.165) is 12.1 Å². The molecule has 1 atom stereocenters. The number of primary sulfonamides is 1. The fraction of sp³-hybridized carbons (Fsp3) is 0.312. The van der Waals surface area contributed by atoms with Crippen LogP contribution in [0.3, 0.4) is 0 Å². The topological polar surface area (TPSA) is 96.6 Å². The monoisotopic (exact) mass is 494 g/mol. The molecule has 1 unspecified atom stereocenters. The van der Waals surface area contributed by atoms with Crippen LogP contribution in [-0.2, 0) is 16.6 Å². The number of hydrogen-bond acceptors (Lipinski definition) is 4. The zero-order valence-electron chi connectivity index (χ0n) is 14.1. The van der Waals surface area contributed by atoms with Gasteiger partial charge >= 0.3 is 0 Å². The van der Waals surface area contributed by atoms with E-state index in [1.807, 2.05) is 6.07 Å². The lowest BCUT2D eigenvalue weighted by Gasteiger charge is -2.15. The van der Waals surface area contributed by atoms with Crippen molar-refractivity contribution in [2.75, 3.05) is 13.6 Å². The van der Waals surface area contributed by atoms with Gasteiger partial charge in [-0.3, -0.25) is 4.99 Å². The van der Waals surface area contributed by atoms with E-state index >= 15 is 0 Å². The van der Waals surface area contributed by atoms with Crippen LogP contribution in [0, 0.1) is 0 Å². The molecule has 6 nitrogen and oxygen atoms in total. The van der Waals surface area contributed by atoms with Gasteiger partial charge in [0.05, 0.1) is 4.90 Å². The molecule has 138 valence electrons. The molecule has 4 N–H and O–H groups in total. The Morgan fingerprint density at radius 3 is 2.68 bits per heavy atom. The van der Waals surface area contributed by atoms with E-state index in [9.17, 15) is 8.42 Å². The third kappa shape index (κ3) is 6.92. The summed E-state index contributed by atoms with van der Waals surface area (Å²) in [6, 6.07) is 8.67. The van der Waals surface area contributed by atoms with E-state index in [0.29, 0.717) is 18.4 Å². The van der Waals surface area contributed by atoms with Gasteiger partial charge in [-0.2, -0.15) is 11.3 Å². The van der Waals surface area contributed by atoms with Crippen LogP contribution in [0.5, 0.6) is 0 Å². The number of guanidine groups is 1. The first kappa shape index (κ1) is 21.9. The van der Waals surface area contributed by atoms with Crippen LogP contribution < -0.4 is 15.8 Å². The Labute approximate surface area is 170 Å². The average molecular weight is 494 g/mol. The van der Waals surface area contributed by atoms with Crippen LogP contribution in [0.4, 0.5) is 0 Å². The number of hydrogen-bond donors (Lipinski definition) is 3. The average Bonchev–Trinajstić information content (AvgIpc) is 3.09. The number of nitrogens with two attached hydrogens (primary N) is 1. The molecular weight excluding hydrogens is 471 g/mol. The molecule has 9 heteroatoms. The summed E-state index contributed by atoms with van der Waals surface area (Å²) in [4.78, 5) is 4.29. The summed E-state index contributed by atoms with van der Waals surface area (Å²) in [6.07, 6.45) is 0. The summed E-state index contributed by atoms with van der Waals surface area (Å²) in [7, 11) is -1.99. The minimum absolute atomic E-state index is 0. The largest absolute Gasteiger partial charge is 0.356 e. The van der Waals surface area contributed by atoms with Gasteiger partial charge in [0.2, 0.25) is 10.0 Å². The number of nitrogens with one attached hydrogen (secondary N) is 2. The van der Waals surface area contributed by atoms with Crippen molar-refractivity contribution in [2.24, 2.45) is 10.1 Å². The highest BCUT2D eigenvalue weighted by molar-refractivity contribution is 14.0. The zero-order chi connectivity index (χ0) is 17.6. The van der Waals surface area contributed by atoms with Crippen LogP contribution in [0.2, 0.25) is 0 Å². The smallest absolute Gasteiger partial charge is 0.238 e. The van der Waals surface area contributed by atoms with Crippen molar-refractivity contribution < 1.29 is 8.42 Å². The lowest BCUT2D eigenvalue weighted by molar-refractivity contribution is 0.597. The lowest BCUT2D eigenvalue weighted by Crippen LogP contribution is -2.38. The van der Waals surface area contributed by atoms with Crippen LogP contribution in [0.15, 0.2) is 51.0 Å². The highest BCUT2D eigenvalue weighted by Crippen LogP contribution is 2.17. The molecule has 0 radical (unpaired) electrons. The molecule has 1 aromatic heterocycles. The first-order chi connectivity index (χ1) is 11.4. The molecule has 0 aliphatic carbocycles. The summed E-state index contributed by atoms with van der Waals surface area (Å²) < 4.78 is 22.8. The Hall–Kier alpha value is -1.17. The second-order valence-electron chi connectivity index (χ2n) is 5.46. The van der Waals surface area contributed by atoms with Crippen molar-refractivity contribution in [3.63, 3.8) is 0 Å². The number of sulfonamides is 1. The van der Waals surface area contributed by atoms with Crippen molar-refractivity contribution in [2.45, 2.75) is 24.3 Å². The van der Waals surface area contributed by atoms with Gasteiger partial charge in [0.25, 0.3) is 0 Å². The fourth-order valence-corrected chi connectivity index (χ4v) is 3.53. The third-order valence-corrected chi connectivity index (χ3v) is 5.21. The molecule has 2 rings (SSSR count). The maximum atomic E-state index is 11.4. The van der Waals surface area contributed by atoms with E-state index < -0.39 is 10.0 Å². The Morgan fingerprint density at radius 2 is 2.08 bits per heavy atom. The highest BCUT2D eigenvalue weighted by atomic mass is 127. The number of nitrogens with zero attached hydrogens (tertiary/aromatic N) is 1. The molecule has 0 aliphatic heterocycles. The van der Waals surface area contributed by atoms with Crippen molar-refractivity contribution in [3.05, 3.63) is 52.2 Å². The minimum Gasteiger partial charge on any atom is -0.356 e. The number of aliphatic imine (C=N–C) groups is 1. The maximum Gasteiger partial charge on any atom is 0.238 e. The zero-order valence-corrected chi connectivity index (χ0v) is 18.1. The van der Waals surface area contributed by atoms with E-state index in [4.69, 9.17) is 5.14 Å². The molecule has 0 fully saturated rings. The summed E-state index contributed by atoms with van der Waals surface area (Å²) in [5.41, 5.74) is 2.11. The van der Waals surface area contributed by atoms with Crippen LogP contribution in [0.25, 0.3) is 0 Å². The highest BCUT2D eigenvalue weighted by Gasteiger charge is 2.09. The quantitative estimate of drug-likeness (QED) is 0.327. The van der Waals surface area contributed by atoms with Crippen LogP contribution >= 0.6 is 35.3 Å². The first-order valence-corrected chi connectivity index (χ1v) is 9.97. The maximum absolute atomic E-state index is 11.4. The van der Waals surface area contributed by atoms with Gasteiger partial charge in [0.1, 0.15) is 0 Å². The summed E-state index contributed by atoms with van der Waals surface area (Å²) in [6.45, 7) is 3.36. The van der Waals surface area contributed by atoms with E-state index in [1.165, 1.54) is 11.6 Å². The molecule has 0 bridgehead atoms. The van der Waals surface area contributed by atoms with E-state index in [-0.39, 0.29) is 28.9 Å². The van der Waals surface area contributed by atoms with Gasteiger partial charge in [-0.1, -0.05) is 19.1 Å². The Morgan fingerprint density at radius 1 is 1.32 bits per heavy atom. The Balaban J connectivity index is 0.00000312. The summed E-state index contributed by atoms with van der Waals surface area (Å²) in [5.74, 6) is 1.04. The second kappa shape index (κ2) is 10.1. The number of benzene rings is 1. The lowest BCUT2D eigenvalue weighted by atomic mass is 10.1. The molecule has 0 spiro atoms. The van der Waals surface area contributed by atoms with Gasteiger partial charge in [-0.25, -0.2) is 13.6 Å². The van der Waals surface area contributed by atoms with Gasteiger partial charge in [0.15, 0.2) is 5.96 Å². The van der Waals surface area contributed by atoms with Crippen molar-refractivity contribution in [3.8, 4) is 0 Å². The molecule has 0 amide bonds. The number of thiophene rings is 1. The third-order valence-electron chi connectivity index (χ3n) is 3.60. The van der Waals surface area contributed by atoms with E-state index in [1.54, 1.807) is 30.5 Å². The van der Waals surface area contributed by atoms with Gasteiger partial charge in [-0.15, -0.1) is 24.0 Å². The number of rotatable bonds is 6. The normalized spacial score (nSPS) is 13.0. The van der Waals surface area contributed by atoms with E-state index in [2.05, 4.69) is 39.4 Å². The second-order valence-corrected chi connectivity index (χ2v) is 7.80. The van der Waals surface area contributed by atoms with Crippen LogP contribution in [-0.4, -0.2) is 28.0 Å². The van der Waals surface area contributed by atoms with Crippen molar-refractivity contribution in [1.82, 2.24) is 10.6 Å². The Kier molecular flexibility index (Phi) is 8.83. The van der Waals surface area contributed by atoms with Crippen LogP contribution in [0.1, 0.15) is 24.0 Å². The van der Waals surface area contributed by atoms with Crippen molar-refractivity contribution >= 4 is 51.3 Å². The van der Waals surface area contributed by atoms with Gasteiger partial charge in [-0.05, 0) is 46.0 Å². The minimum atomic E-state index is -3.69. The SMILES string of the molecule is CN=C(NCc1cccc(S(N)(=O)=O)c1)NCC(C)c1ccsc1.I. The Bertz CT molecular complexity index is 792. The molecule has 1 heterocycles. The summed E-state index contributed by atoms with van der Waals surface area (Å²) >= 11 is 1.69. The molecule has 0 saturated carbocycles. The summed E-state index contributed by atoms with van der Waals surface area (Å²) in [5, 5.41) is 15.8. The standard InChI is InChI=1S/C16H22N4O2S2.HI/c1-12(14-6-7-23-11-14)9-19-16(18-2)20-10-13-4-3-5-15(8-13)24(17,21)22;/h3-8,11-12H,9-10H2,1-2H3,(H2,17,21,22)(H2,18,19,20);1H. The molecule has 25 heavy (non-hydrogen) atoms. The van der Waals surface area contributed by atoms with Crippen molar-refractivity contribution in [1.29, 1.82) is 0 Å². The molecule has 0 aliphatic rings. The molecule has 1 aromatic carbocycles. The molecule has 2 aromatic rings. The molecule has 0 saturated heterocycles. The molecular formula is C16H23IN4O2S2. The fourth-order valence-electron chi connectivity index (χ4n) is 2.16. The van der Waals surface area contributed by atoms with Gasteiger partial charge in [0, 0.05) is 20.1 Å². The van der Waals surface area contributed by atoms with Gasteiger partial charge < -0.3 is 10.6 Å². The predicted octanol–water partition coefficient (Wildman–Crippen LogP) is 2.48. The first-order valence-electron chi connectivity index (χ1n) is 7.48. The predicted molar refractivity (Wildman–Crippen MR) is 114 cm³/mol. The number of halogens is 1.